The highest BCUT2D eigenvalue weighted by Gasteiger charge is 2.39. The highest BCUT2D eigenvalue weighted by Crippen LogP contribution is 2.51. The van der Waals surface area contributed by atoms with Crippen molar-refractivity contribution in [3.8, 4) is 0 Å². The minimum absolute atomic E-state index is 0.00701. The van der Waals surface area contributed by atoms with E-state index >= 15 is 0 Å². The molecule has 0 saturated heterocycles. The Morgan fingerprint density at radius 1 is 1.00 bits per heavy atom. The molecule has 24 heavy (non-hydrogen) atoms. The fourth-order valence-corrected chi connectivity index (χ4v) is 7.16. The third kappa shape index (κ3) is 3.87. The van der Waals surface area contributed by atoms with Gasteiger partial charge in [-0.2, -0.15) is 0 Å². The predicted molar refractivity (Wildman–Crippen MR) is 101 cm³/mol. The number of rotatable bonds is 5. The van der Waals surface area contributed by atoms with Crippen molar-refractivity contribution >= 4 is 24.5 Å². The fourth-order valence-electron chi connectivity index (χ4n) is 3.90. The smallest absolute Gasteiger partial charge is 0.302 e. The monoisotopic (exact) mass is 340 g/mol. The van der Waals surface area contributed by atoms with Gasteiger partial charge in [-0.3, -0.25) is 4.79 Å². The summed E-state index contributed by atoms with van der Waals surface area (Å²) in [6.45, 7) is 3.57. The van der Waals surface area contributed by atoms with Crippen LogP contribution >= 0.6 is 7.92 Å². The largest absolute Gasteiger partial charge is 0.463 e. The van der Waals surface area contributed by atoms with E-state index in [9.17, 15) is 4.79 Å². The molecule has 1 aliphatic carbocycles. The number of benzene rings is 2. The van der Waals surface area contributed by atoms with Crippen LogP contribution in [0.15, 0.2) is 60.7 Å². The van der Waals surface area contributed by atoms with Crippen molar-refractivity contribution in [2.24, 2.45) is 5.92 Å². The number of hydrogen-bond acceptors (Lipinski definition) is 2. The van der Waals surface area contributed by atoms with Gasteiger partial charge in [-0.1, -0.05) is 67.1 Å². The summed E-state index contributed by atoms with van der Waals surface area (Å²) in [5, 5.41) is 2.84. The van der Waals surface area contributed by atoms with E-state index in [1.165, 1.54) is 30.4 Å². The van der Waals surface area contributed by atoms with E-state index in [0.717, 1.165) is 6.42 Å². The normalized spacial score (nSPS) is 21.6. The standard InChI is InChI=1S/C21H25O2P/c1-16(23-17(2)22)20-14-9-15-21(20)24(18-10-5-3-6-11-18)19-12-7-4-8-13-19/h3-8,10-13,16,20-21H,9,14-15H2,1-2H3/t16-,20?,21?/m0/s1. The van der Waals surface area contributed by atoms with E-state index in [0.29, 0.717) is 11.6 Å². The second-order valence-electron chi connectivity index (χ2n) is 6.52. The van der Waals surface area contributed by atoms with Crippen molar-refractivity contribution < 1.29 is 9.53 Å². The van der Waals surface area contributed by atoms with Gasteiger partial charge in [0.05, 0.1) is 0 Å². The van der Waals surface area contributed by atoms with Gasteiger partial charge in [0.2, 0.25) is 0 Å². The van der Waals surface area contributed by atoms with Crippen LogP contribution in [0.1, 0.15) is 33.1 Å². The second kappa shape index (κ2) is 7.94. The average molecular weight is 340 g/mol. The summed E-state index contributed by atoms with van der Waals surface area (Å²) in [6, 6.07) is 21.7. The van der Waals surface area contributed by atoms with Gasteiger partial charge in [0.15, 0.2) is 0 Å². The van der Waals surface area contributed by atoms with Gasteiger partial charge in [0, 0.05) is 12.8 Å². The molecule has 1 fully saturated rings. The van der Waals surface area contributed by atoms with Crippen molar-refractivity contribution in [3.63, 3.8) is 0 Å². The summed E-state index contributed by atoms with van der Waals surface area (Å²) >= 11 is 0. The zero-order chi connectivity index (χ0) is 16.9. The van der Waals surface area contributed by atoms with Crippen LogP contribution in [-0.2, 0) is 9.53 Å². The maximum absolute atomic E-state index is 11.4. The van der Waals surface area contributed by atoms with Crippen LogP contribution in [0.25, 0.3) is 0 Å². The molecule has 1 saturated carbocycles. The number of ether oxygens (including phenoxy) is 1. The minimum Gasteiger partial charge on any atom is -0.463 e. The van der Waals surface area contributed by atoms with E-state index in [2.05, 4.69) is 67.6 Å². The Kier molecular flexibility index (Phi) is 5.68. The summed E-state index contributed by atoms with van der Waals surface area (Å²) in [7, 11) is -0.440. The van der Waals surface area contributed by atoms with Gasteiger partial charge in [-0.05, 0) is 44.0 Å². The first kappa shape index (κ1) is 17.2. The molecule has 0 spiro atoms. The lowest BCUT2D eigenvalue weighted by Gasteiger charge is -2.33. The van der Waals surface area contributed by atoms with Crippen LogP contribution < -0.4 is 10.6 Å². The molecular formula is C21H25O2P. The lowest BCUT2D eigenvalue weighted by molar-refractivity contribution is -0.147. The van der Waals surface area contributed by atoms with Crippen LogP contribution in [0.2, 0.25) is 0 Å². The Hall–Kier alpha value is -1.66. The molecule has 0 aromatic heterocycles. The van der Waals surface area contributed by atoms with Crippen LogP contribution in [-0.4, -0.2) is 17.7 Å². The van der Waals surface area contributed by atoms with Crippen LogP contribution in [0, 0.1) is 5.92 Å². The van der Waals surface area contributed by atoms with Gasteiger partial charge >= 0.3 is 5.97 Å². The first-order valence-electron chi connectivity index (χ1n) is 8.73. The molecule has 3 rings (SSSR count). The van der Waals surface area contributed by atoms with Crippen molar-refractivity contribution in [2.75, 3.05) is 0 Å². The topological polar surface area (TPSA) is 26.3 Å². The van der Waals surface area contributed by atoms with Crippen molar-refractivity contribution in [2.45, 2.75) is 44.9 Å². The lowest BCUT2D eigenvalue weighted by atomic mass is 10.0. The van der Waals surface area contributed by atoms with E-state index < -0.39 is 7.92 Å². The third-order valence-corrected chi connectivity index (χ3v) is 7.90. The quantitative estimate of drug-likeness (QED) is 0.601. The number of carbonyl (C=O) groups is 1. The summed E-state index contributed by atoms with van der Waals surface area (Å²) in [6.07, 6.45) is 3.58. The maximum atomic E-state index is 11.4. The van der Waals surface area contributed by atoms with Crippen LogP contribution in [0.5, 0.6) is 0 Å². The Morgan fingerprint density at radius 2 is 1.54 bits per heavy atom. The minimum atomic E-state index is -0.440. The number of carbonyl (C=O) groups excluding carboxylic acids is 1. The Morgan fingerprint density at radius 3 is 2.04 bits per heavy atom. The van der Waals surface area contributed by atoms with Gasteiger partial charge in [-0.25, -0.2) is 0 Å². The molecule has 1 aliphatic rings. The summed E-state index contributed by atoms with van der Waals surface area (Å²) < 4.78 is 5.56. The zero-order valence-electron chi connectivity index (χ0n) is 14.4. The van der Waals surface area contributed by atoms with Crippen molar-refractivity contribution in [1.29, 1.82) is 0 Å². The predicted octanol–water partition coefficient (Wildman–Crippen LogP) is 4.24. The Labute approximate surface area is 146 Å². The van der Waals surface area contributed by atoms with Gasteiger partial charge < -0.3 is 4.74 Å². The second-order valence-corrected chi connectivity index (χ2v) is 8.95. The molecule has 0 radical (unpaired) electrons. The highest BCUT2D eigenvalue weighted by atomic mass is 31.1. The fraction of sp³-hybridized carbons (Fsp3) is 0.381. The molecule has 2 aromatic carbocycles. The molecule has 0 N–H and O–H groups in total. The lowest BCUT2D eigenvalue weighted by Crippen LogP contribution is -2.32. The average Bonchev–Trinajstić information content (AvgIpc) is 3.06. The molecule has 0 heterocycles. The highest BCUT2D eigenvalue weighted by molar-refractivity contribution is 7.73. The van der Waals surface area contributed by atoms with Gasteiger partial charge in [-0.15, -0.1) is 0 Å². The van der Waals surface area contributed by atoms with Crippen molar-refractivity contribution in [1.82, 2.24) is 0 Å². The molecule has 3 heteroatoms. The molecule has 0 bridgehead atoms. The molecule has 0 amide bonds. The first-order chi connectivity index (χ1) is 11.7. The zero-order valence-corrected chi connectivity index (χ0v) is 15.3. The molecule has 0 aliphatic heterocycles. The van der Waals surface area contributed by atoms with E-state index in [1.54, 1.807) is 0 Å². The number of hydrogen-bond donors (Lipinski definition) is 0. The van der Waals surface area contributed by atoms with Crippen LogP contribution in [0.3, 0.4) is 0 Å². The number of esters is 1. The molecule has 126 valence electrons. The van der Waals surface area contributed by atoms with Crippen LogP contribution in [0.4, 0.5) is 0 Å². The summed E-state index contributed by atoms with van der Waals surface area (Å²) in [5.74, 6) is 0.275. The van der Waals surface area contributed by atoms with Crippen molar-refractivity contribution in [3.05, 3.63) is 60.7 Å². The molecular weight excluding hydrogens is 315 g/mol. The summed E-state index contributed by atoms with van der Waals surface area (Å²) in [5.41, 5.74) is 0.569. The van der Waals surface area contributed by atoms with Gasteiger partial charge in [0.25, 0.3) is 0 Å². The molecule has 2 nitrogen and oxygen atoms in total. The molecule has 3 atom stereocenters. The SMILES string of the molecule is CC(=O)O[C@@H](C)C1CCCC1P(c1ccccc1)c1ccccc1. The third-order valence-electron chi connectivity index (χ3n) is 4.89. The first-order valence-corrected chi connectivity index (χ1v) is 10.1. The maximum Gasteiger partial charge on any atom is 0.302 e. The molecule has 2 unspecified atom stereocenters. The van der Waals surface area contributed by atoms with E-state index in [-0.39, 0.29) is 12.1 Å². The van der Waals surface area contributed by atoms with E-state index in [4.69, 9.17) is 4.74 Å². The molecule has 2 aromatic rings. The Balaban J connectivity index is 1.94. The van der Waals surface area contributed by atoms with Gasteiger partial charge in [0.1, 0.15) is 6.10 Å². The van der Waals surface area contributed by atoms with E-state index in [1.807, 2.05) is 0 Å². The Bertz CT molecular complexity index is 617. The summed E-state index contributed by atoms with van der Waals surface area (Å²) in [4.78, 5) is 11.4.